The number of aromatic nitrogens is 2. The van der Waals surface area contributed by atoms with Crippen LogP contribution in [0.1, 0.15) is 27.7 Å². The Bertz CT molecular complexity index is 1440. The molecule has 0 aliphatic heterocycles. The molecule has 0 saturated carbocycles. The molecule has 2 heterocycles. The zero-order chi connectivity index (χ0) is 26.0. The SMILES string of the molecule is CCS(=O)(=O)NCCNS(=O)(=O)c1ccc(-c2cn(C(=O)OC(C)(C)C)c3cc(F)ccc23)cn1. The van der Waals surface area contributed by atoms with Crippen molar-refractivity contribution in [1.29, 1.82) is 0 Å². The Kier molecular flexibility index (Phi) is 7.65. The van der Waals surface area contributed by atoms with E-state index in [4.69, 9.17) is 4.74 Å². The molecule has 10 nitrogen and oxygen atoms in total. The molecule has 13 heteroatoms. The van der Waals surface area contributed by atoms with Crippen LogP contribution in [-0.2, 0) is 24.8 Å². The molecular weight excluding hydrogens is 499 g/mol. The van der Waals surface area contributed by atoms with Crippen LogP contribution >= 0.6 is 0 Å². The third-order valence-corrected chi connectivity index (χ3v) is 7.58. The van der Waals surface area contributed by atoms with Crippen molar-refractivity contribution in [3.05, 3.63) is 48.5 Å². The number of ether oxygens (including phenoxy) is 1. The lowest BCUT2D eigenvalue weighted by Crippen LogP contribution is -2.35. The van der Waals surface area contributed by atoms with Gasteiger partial charge in [-0.15, -0.1) is 0 Å². The standard InChI is InChI=1S/C22H27FN4O6S2/c1-5-34(29,30)25-10-11-26-35(31,32)20-9-6-15(13-24-20)18-14-27(21(28)33-22(2,3)4)19-12-16(23)7-8-17(18)19/h6-9,12-14,25-26H,5,10-11H2,1-4H3. The zero-order valence-electron chi connectivity index (χ0n) is 19.7. The molecule has 0 atom stereocenters. The van der Waals surface area contributed by atoms with Gasteiger partial charge in [0.15, 0.2) is 5.03 Å². The van der Waals surface area contributed by atoms with Crippen molar-refractivity contribution in [2.24, 2.45) is 0 Å². The average Bonchev–Trinajstić information content (AvgIpc) is 3.14. The van der Waals surface area contributed by atoms with Gasteiger partial charge in [0.25, 0.3) is 10.0 Å². The topological polar surface area (TPSA) is 136 Å². The van der Waals surface area contributed by atoms with Crippen LogP contribution in [0, 0.1) is 5.82 Å². The highest BCUT2D eigenvalue weighted by Gasteiger charge is 2.22. The lowest BCUT2D eigenvalue weighted by Gasteiger charge is -2.19. The summed E-state index contributed by atoms with van der Waals surface area (Å²) < 4.78 is 73.0. The number of sulfonamides is 2. The summed E-state index contributed by atoms with van der Waals surface area (Å²) in [4.78, 5) is 16.7. The fraction of sp³-hybridized carbons (Fsp3) is 0.364. The first kappa shape index (κ1) is 26.7. The van der Waals surface area contributed by atoms with E-state index in [1.165, 1.54) is 54.2 Å². The molecule has 0 aliphatic carbocycles. The van der Waals surface area contributed by atoms with Crippen LogP contribution < -0.4 is 9.44 Å². The van der Waals surface area contributed by atoms with Crippen molar-refractivity contribution in [3.8, 4) is 11.1 Å². The third kappa shape index (κ3) is 6.63. The largest absolute Gasteiger partial charge is 0.443 e. The first-order valence-corrected chi connectivity index (χ1v) is 13.8. The normalized spacial score (nSPS) is 12.7. The molecule has 0 aliphatic rings. The first-order valence-electron chi connectivity index (χ1n) is 10.7. The molecule has 3 aromatic rings. The van der Waals surface area contributed by atoms with E-state index in [1.807, 2.05) is 0 Å². The number of pyridine rings is 1. The van der Waals surface area contributed by atoms with Gasteiger partial charge < -0.3 is 4.74 Å². The molecule has 3 rings (SSSR count). The number of carbonyl (C=O) groups is 1. The van der Waals surface area contributed by atoms with Crippen molar-refractivity contribution in [1.82, 2.24) is 19.0 Å². The zero-order valence-corrected chi connectivity index (χ0v) is 21.3. The van der Waals surface area contributed by atoms with E-state index in [-0.39, 0.29) is 23.9 Å². The van der Waals surface area contributed by atoms with Crippen LogP contribution in [0.15, 0.2) is 47.8 Å². The van der Waals surface area contributed by atoms with E-state index >= 15 is 0 Å². The van der Waals surface area contributed by atoms with E-state index < -0.39 is 37.6 Å². The number of carbonyl (C=O) groups excluding carboxylic acids is 1. The van der Waals surface area contributed by atoms with Gasteiger partial charge in [-0.25, -0.2) is 40.4 Å². The number of fused-ring (bicyclic) bond motifs is 1. The number of hydrogen-bond donors (Lipinski definition) is 2. The van der Waals surface area contributed by atoms with Gasteiger partial charge in [0.1, 0.15) is 11.4 Å². The van der Waals surface area contributed by atoms with E-state index in [2.05, 4.69) is 14.4 Å². The molecular formula is C22H27FN4O6S2. The summed E-state index contributed by atoms with van der Waals surface area (Å²) >= 11 is 0. The summed E-state index contributed by atoms with van der Waals surface area (Å²) in [6, 6.07) is 6.79. The first-order chi connectivity index (χ1) is 16.2. The molecule has 2 N–H and O–H groups in total. The molecule has 0 unspecified atom stereocenters. The second kappa shape index (κ2) is 10.0. The van der Waals surface area contributed by atoms with Gasteiger partial charge in [-0.2, -0.15) is 0 Å². The van der Waals surface area contributed by atoms with Crippen molar-refractivity contribution < 1.29 is 30.8 Å². The summed E-state index contributed by atoms with van der Waals surface area (Å²) in [7, 11) is -7.42. The minimum Gasteiger partial charge on any atom is -0.443 e. The number of nitrogens with zero attached hydrogens (tertiary/aromatic N) is 2. The van der Waals surface area contributed by atoms with E-state index in [0.29, 0.717) is 22.0 Å². The van der Waals surface area contributed by atoms with Gasteiger partial charge >= 0.3 is 6.09 Å². The Balaban J connectivity index is 1.87. The van der Waals surface area contributed by atoms with E-state index in [1.54, 1.807) is 20.8 Å². The van der Waals surface area contributed by atoms with Gasteiger partial charge in [0, 0.05) is 42.0 Å². The van der Waals surface area contributed by atoms with Gasteiger partial charge in [0.05, 0.1) is 11.3 Å². The van der Waals surface area contributed by atoms with Gasteiger partial charge in [-0.1, -0.05) is 0 Å². The summed E-state index contributed by atoms with van der Waals surface area (Å²) in [5.74, 6) is -0.640. The van der Waals surface area contributed by atoms with Crippen molar-refractivity contribution in [2.75, 3.05) is 18.8 Å². The van der Waals surface area contributed by atoms with Crippen LogP contribution in [0.3, 0.4) is 0 Å². The average molecular weight is 527 g/mol. The fourth-order valence-electron chi connectivity index (χ4n) is 3.16. The Hall–Kier alpha value is -2.87. The maximum absolute atomic E-state index is 13.9. The van der Waals surface area contributed by atoms with Crippen molar-refractivity contribution in [2.45, 2.75) is 38.3 Å². The molecule has 0 bridgehead atoms. The molecule has 0 saturated heterocycles. The van der Waals surface area contributed by atoms with Gasteiger partial charge in [-0.3, -0.25) is 4.57 Å². The van der Waals surface area contributed by atoms with Crippen LogP contribution in [0.2, 0.25) is 0 Å². The van der Waals surface area contributed by atoms with Gasteiger partial charge in [-0.05, 0) is 58.0 Å². The van der Waals surface area contributed by atoms with E-state index in [9.17, 15) is 26.0 Å². The molecule has 0 fully saturated rings. The van der Waals surface area contributed by atoms with Crippen LogP contribution in [0.5, 0.6) is 0 Å². The summed E-state index contributed by atoms with van der Waals surface area (Å²) in [6.45, 7) is 6.36. The monoisotopic (exact) mass is 526 g/mol. The Morgan fingerprint density at radius 3 is 2.37 bits per heavy atom. The van der Waals surface area contributed by atoms with Crippen LogP contribution in [-0.4, -0.2) is 56.9 Å². The highest BCUT2D eigenvalue weighted by atomic mass is 32.2. The molecule has 190 valence electrons. The van der Waals surface area contributed by atoms with Gasteiger partial charge in [0.2, 0.25) is 10.0 Å². The summed E-state index contributed by atoms with van der Waals surface area (Å²) in [5.41, 5.74) is 0.562. The lowest BCUT2D eigenvalue weighted by atomic mass is 10.1. The number of halogens is 1. The highest BCUT2D eigenvalue weighted by Crippen LogP contribution is 2.32. The quantitative estimate of drug-likeness (QED) is 0.431. The molecule has 2 aromatic heterocycles. The maximum Gasteiger partial charge on any atom is 0.419 e. The van der Waals surface area contributed by atoms with Crippen LogP contribution in [0.25, 0.3) is 22.0 Å². The fourth-order valence-corrected chi connectivity index (χ4v) is 4.73. The lowest BCUT2D eigenvalue weighted by molar-refractivity contribution is 0.0544. The second-order valence-electron chi connectivity index (χ2n) is 8.64. The molecule has 35 heavy (non-hydrogen) atoms. The molecule has 1 aromatic carbocycles. The van der Waals surface area contributed by atoms with Crippen LogP contribution in [0.4, 0.5) is 9.18 Å². The Morgan fingerprint density at radius 2 is 1.77 bits per heavy atom. The smallest absolute Gasteiger partial charge is 0.419 e. The Labute approximate surface area is 203 Å². The van der Waals surface area contributed by atoms with Crippen molar-refractivity contribution in [3.63, 3.8) is 0 Å². The second-order valence-corrected chi connectivity index (χ2v) is 12.4. The summed E-state index contributed by atoms with van der Waals surface area (Å²) in [5, 5.41) is 0.289. The number of benzene rings is 1. The molecule has 0 radical (unpaired) electrons. The highest BCUT2D eigenvalue weighted by molar-refractivity contribution is 7.89. The maximum atomic E-state index is 13.9. The number of nitrogens with one attached hydrogen (secondary N) is 2. The number of hydrogen-bond acceptors (Lipinski definition) is 7. The minimum atomic E-state index is -3.99. The van der Waals surface area contributed by atoms with Crippen molar-refractivity contribution >= 4 is 37.0 Å². The molecule has 0 spiro atoms. The van der Waals surface area contributed by atoms with E-state index in [0.717, 1.165) is 0 Å². The predicted molar refractivity (Wildman–Crippen MR) is 129 cm³/mol. The molecule has 0 amide bonds. The Morgan fingerprint density at radius 1 is 1.09 bits per heavy atom. The summed E-state index contributed by atoms with van der Waals surface area (Å²) in [6.07, 6.45) is 2.13. The minimum absolute atomic E-state index is 0.103. The predicted octanol–water partition coefficient (Wildman–Crippen LogP) is 2.84. The third-order valence-electron chi connectivity index (χ3n) is 4.80. The number of rotatable bonds is 8.